The van der Waals surface area contributed by atoms with Gasteiger partial charge in [0.15, 0.2) is 5.82 Å². The molecule has 0 fully saturated rings. The van der Waals surface area contributed by atoms with E-state index in [1.807, 2.05) is 10.8 Å². The summed E-state index contributed by atoms with van der Waals surface area (Å²) >= 11 is 17.3. The van der Waals surface area contributed by atoms with Crippen molar-refractivity contribution in [3.63, 3.8) is 0 Å². The normalized spacial score (nSPS) is 12.0. The van der Waals surface area contributed by atoms with E-state index in [4.69, 9.17) is 39.5 Å². The van der Waals surface area contributed by atoms with Crippen LogP contribution in [0.4, 0.5) is 0 Å². The molecule has 1 aromatic heterocycles. The number of nitrogens with zero attached hydrogens (tertiary/aromatic N) is 2. The van der Waals surface area contributed by atoms with Crippen molar-refractivity contribution in [1.82, 2.24) is 9.55 Å². The average molecular weight is 272 g/mol. The minimum absolute atomic E-state index is 0.463. The molecule has 3 nitrogen and oxygen atoms in total. The summed E-state index contributed by atoms with van der Waals surface area (Å²) in [5.74, 6) is 0.463. The van der Waals surface area contributed by atoms with Crippen molar-refractivity contribution in [2.24, 2.45) is 0 Å². The van der Waals surface area contributed by atoms with Crippen molar-refractivity contribution in [3.8, 4) is 0 Å². The fraction of sp³-hybridized carbons (Fsp3) is 0.667. The highest BCUT2D eigenvalue weighted by Crippen LogP contribution is 2.36. The average Bonchev–Trinajstić information content (AvgIpc) is 2.59. The zero-order chi connectivity index (χ0) is 11.3. The second kappa shape index (κ2) is 5.94. The first-order chi connectivity index (χ1) is 7.05. The van der Waals surface area contributed by atoms with Crippen LogP contribution in [0.15, 0.2) is 12.4 Å². The quantitative estimate of drug-likeness (QED) is 0.608. The molecular formula is C9H13Cl3N2O. The van der Waals surface area contributed by atoms with E-state index in [0.29, 0.717) is 5.82 Å². The van der Waals surface area contributed by atoms with Crippen LogP contribution in [0.5, 0.6) is 0 Å². The number of ether oxygens (including phenoxy) is 1. The molecule has 0 unspecified atom stereocenters. The first kappa shape index (κ1) is 13.1. The predicted molar refractivity (Wildman–Crippen MR) is 62.6 cm³/mol. The number of aryl methyl sites for hydroxylation is 1. The Morgan fingerprint density at radius 3 is 2.73 bits per heavy atom. The number of halogens is 3. The maximum absolute atomic E-state index is 5.77. The van der Waals surface area contributed by atoms with E-state index in [-0.39, 0.29) is 0 Å². The van der Waals surface area contributed by atoms with Crippen LogP contribution in [-0.2, 0) is 15.1 Å². The van der Waals surface area contributed by atoms with Gasteiger partial charge in [-0.2, -0.15) is 0 Å². The number of unbranched alkanes of at least 4 members (excludes halogenated alkanes) is 1. The Bertz CT molecular complexity index is 296. The molecule has 0 saturated carbocycles. The van der Waals surface area contributed by atoms with Crippen LogP contribution in [0.25, 0.3) is 0 Å². The number of hydrogen-bond acceptors (Lipinski definition) is 2. The molecule has 0 spiro atoms. The van der Waals surface area contributed by atoms with Crippen molar-refractivity contribution in [3.05, 3.63) is 18.2 Å². The number of imidazole rings is 1. The molecule has 1 aromatic rings. The lowest BCUT2D eigenvalue weighted by Crippen LogP contribution is -2.12. The molecule has 0 bridgehead atoms. The van der Waals surface area contributed by atoms with E-state index >= 15 is 0 Å². The summed E-state index contributed by atoms with van der Waals surface area (Å²) in [5, 5.41) is 0. The molecule has 86 valence electrons. The molecule has 0 N–H and O–H groups in total. The third-order valence-electron chi connectivity index (χ3n) is 1.97. The molecule has 0 atom stereocenters. The van der Waals surface area contributed by atoms with Crippen LogP contribution in [0.2, 0.25) is 0 Å². The van der Waals surface area contributed by atoms with Crippen LogP contribution >= 0.6 is 34.8 Å². The summed E-state index contributed by atoms with van der Waals surface area (Å²) < 4.78 is 5.35. The zero-order valence-electron chi connectivity index (χ0n) is 8.42. The number of aromatic nitrogens is 2. The van der Waals surface area contributed by atoms with E-state index in [0.717, 1.165) is 26.0 Å². The van der Waals surface area contributed by atoms with Gasteiger partial charge in [0.2, 0.25) is 3.79 Å². The minimum Gasteiger partial charge on any atom is -0.385 e. The molecule has 0 radical (unpaired) electrons. The number of hydrogen-bond donors (Lipinski definition) is 0. The van der Waals surface area contributed by atoms with E-state index in [1.54, 1.807) is 13.3 Å². The Hall–Kier alpha value is 0.0400. The summed E-state index contributed by atoms with van der Waals surface area (Å²) in [6, 6.07) is 0. The SMILES string of the molecule is COCCCCn1ccnc1C(Cl)(Cl)Cl. The summed E-state index contributed by atoms with van der Waals surface area (Å²) in [6.45, 7) is 1.53. The van der Waals surface area contributed by atoms with E-state index in [9.17, 15) is 0 Å². The van der Waals surface area contributed by atoms with E-state index < -0.39 is 3.79 Å². The first-order valence-electron chi connectivity index (χ1n) is 4.63. The summed E-state index contributed by atoms with van der Waals surface area (Å²) in [4.78, 5) is 4.02. The molecular weight excluding hydrogens is 258 g/mol. The van der Waals surface area contributed by atoms with Crippen LogP contribution in [-0.4, -0.2) is 23.3 Å². The van der Waals surface area contributed by atoms with Crippen LogP contribution in [0.3, 0.4) is 0 Å². The fourth-order valence-electron chi connectivity index (χ4n) is 1.27. The van der Waals surface area contributed by atoms with Crippen LogP contribution in [0.1, 0.15) is 18.7 Å². The maximum Gasteiger partial charge on any atom is 0.248 e. The van der Waals surface area contributed by atoms with Gasteiger partial charge >= 0.3 is 0 Å². The lowest BCUT2D eigenvalue weighted by atomic mass is 10.3. The lowest BCUT2D eigenvalue weighted by molar-refractivity contribution is 0.191. The molecule has 0 saturated heterocycles. The van der Waals surface area contributed by atoms with Crippen molar-refractivity contribution in [1.29, 1.82) is 0 Å². The summed E-state index contributed by atoms with van der Waals surface area (Å²) in [5.41, 5.74) is 0. The Morgan fingerprint density at radius 1 is 1.40 bits per heavy atom. The largest absolute Gasteiger partial charge is 0.385 e. The summed E-state index contributed by atoms with van der Waals surface area (Å²) in [7, 11) is 1.68. The fourth-order valence-corrected chi connectivity index (χ4v) is 1.75. The maximum atomic E-state index is 5.77. The van der Waals surface area contributed by atoms with Gasteiger partial charge in [0.1, 0.15) is 0 Å². The molecule has 1 heterocycles. The standard InChI is InChI=1S/C9H13Cl3N2O/c1-15-7-3-2-5-14-6-4-13-8(14)9(10,11)12/h4,6H,2-3,5,7H2,1H3. The van der Waals surface area contributed by atoms with Gasteiger partial charge in [0.25, 0.3) is 0 Å². The van der Waals surface area contributed by atoms with Crippen molar-refractivity contribution >= 4 is 34.8 Å². The predicted octanol–water partition coefficient (Wildman–Crippen LogP) is 3.14. The van der Waals surface area contributed by atoms with Gasteiger partial charge in [-0.3, -0.25) is 0 Å². The Kier molecular flexibility index (Phi) is 5.19. The van der Waals surface area contributed by atoms with Gasteiger partial charge in [0, 0.05) is 32.7 Å². The Morgan fingerprint density at radius 2 is 2.13 bits per heavy atom. The number of rotatable bonds is 5. The third kappa shape index (κ3) is 4.19. The lowest BCUT2D eigenvalue weighted by Gasteiger charge is -2.13. The Labute approximate surface area is 104 Å². The second-order valence-corrected chi connectivity index (χ2v) is 5.42. The molecule has 1 rings (SSSR count). The molecule has 6 heteroatoms. The monoisotopic (exact) mass is 270 g/mol. The molecule has 0 aromatic carbocycles. The van der Waals surface area contributed by atoms with Gasteiger partial charge in [-0.25, -0.2) is 4.98 Å². The smallest absolute Gasteiger partial charge is 0.248 e. The molecule has 0 amide bonds. The highest BCUT2D eigenvalue weighted by atomic mass is 35.6. The highest BCUT2D eigenvalue weighted by molar-refractivity contribution is 6.66. The number of alkyl halides is 3. The topological polar surface area (TPSA) is 27.1 Å². The van der Waals surface area contributed by atoms with Gasteiger partial charge in [-0.1, -0.05) is 34.8 Å². The number of methoxy groups -OCH3 is 1. The summed E-state index contributed by atoms with van der Waals surface area (Å²) in [6.07, 6.45) is 5.39. The van der Waals surface area contributed by atoms with E-state index in [2.05, 4.69) is 4.98 Å². The van der Waals surface area contributed by atoms with Gasteiger partial charge in [-0.15, -0.1) is 0 Å². The highest BCUT2D eigenvalue weighted by Gasteiger charge is 2.27. The first-order valence-corrected chi connectivity index (χ1v) is 5.76. The molecule has 15 heavy (non-hydrogen) atoms. The molecule has 0 aliphatic heterocycles. The van der Waals surface area contributed by atoms with Crippen molar-refractivity contribution in [2.45, 2.75) is 23.2 Å². The second-order valence-electron chi connectivity index (χ2n) is 3.14. The van der Waals surface area contributed by atoms with Gasteiger partial charge in [0.05, 0.1) is 0 Å². The third-order valence-corrected chi connectivity index (χ3v) is 2.47. The van der Waals surface area contributed by atoms with Crippen molar-refractivity contribution in [2.75, 3.05) is 13.7 Å². The van der Waals surface area contributed by atoms with Crippen molar-refractivity contribution < 1.29 is 4.74 Å². The molecule has 0 aliphatic rings. The van der Waals surface area contributed by atoms with Crippen LogP contribution < -0.4 is 0 Å². The van der Waals surface area contributed by atoms with Crippen LogP contribution in [0, 0.1) is 0 Å². The Balaban J connectivity index is 2.51. The van der Waals surface area contributed by atoms with E-state index in [1.165, 1.54) is 0 Å². The zero-order valence-corrected chi connectivity index (χ0v) is 10.7. The van der Waals surface area contributed by atoms with Gasteiger partial charge < -0.3 is 9.30 Å². The molecule has 0 aliphatic carbocycles. The van der Waals surface area contributed by atoms with Gasteiger partial charge in [-0.05, 0) is 12.8 Å². The minimum atomic E-state index is -1.45.